The summed E-state index contributed by atoms with van der Waals surface area (Å²) in [6.45, 7) is 0.418. The molecule has 2 aliphatic heterocycles. The lowest BCUT2D eigenvalue weighted by Crippen LogP contribution is -2.38. The third-order valence-corrected chi connectivity index (χ3v) is 5.84. The molecule has 1 saturated heterocycles. The van der Waals surface area contributed by atoms with Crippen LogP contribution in [0.3, 0.4) is 0 Å². The summed E-state index contributed by atoms with van der Waals surface area (Å²) in [7, 11) is 1.24. The molecule has 1 aromatic heterocycles. The number of carbonyl (C=O) groups is 3. The highest BCUT2D eigenvalue weighted by Crippen LogP contribution is 2.47. The van der Waals surface area contributed by atoms with E-state index < -0.39 is 30.1 Å². The standard InChI is InChI=1S/C18H16N2O6S/c1-25-17(23)14-15-11(7-13(27-15)16(21)22)12-8-19(14)18(24)20(12)26-9-10-5-3-2-4-6-10/h2-7,12,14H,8-9H2,1H3,(H,21,22)/t12-,14-/m0/s1. The number of rotatable bonds is 5. The predicted molar refractivity (Wildman–Crippen MR) is 93.9 cm³/mol. The van der Waals surface area contributed by atoms with Crippen molar-refractivity contribution in [3.63, 3.8) is 0 Å². The first-order valence-electron chi connectivity index (χ1n) is 8.22. The van der Waals surface area contributed by atoms with E-state index in [1.54, 1.807) is 0 Å². The van der Waals surface area contributed by atoms with Crippen LogP contribution in [0.5, 0.6) is 0 Å². The molecule has 2 aliphatic rings. The van der Waals surface area contributed by atoms with Gasteiger partial charge in [-0.25, -0.2) is 14.4 Å². The summed E-state index contributed by atoms with van der Waals surface area (Å²) in [5.74, 6) is -1.68. The SMILES string of the molecule is COC(=O)[C@@H]1c2sc(C(=O)O)cc2[C@@H]2CN1C(=O)N2OCc1ccccc1. The number of benzene rings is 1. The van der Waals surface area contributed by atoms with Gasteiger partial charge < -0.3 is 14.7 Å². The van der Waals surface area contributed by atoms with Crippen molar-refractivity contribution in [3.8, 4) is 0 Å². The van der Waals surface area contributed by atoms with Crippen LogP contribution in [-0.2, 0) is 21.0 Å². The minimum atomic E-state index is -1.08. The zero-order valence-electron chi connectivity index (χ0n) is 14.3. The van der Waals surface area contributed by atoms with Crippen LogP contribution in [0.4, 0.5) is 4.79 Å². The van der Waals surface area contributed by atoms with Crippen molar-refractivity contribution in [1.29, 1.82) is 0 Å². The van der Waals surface area contributed by atoms with Crippen LogP contribution in [0.15, 0.2) is 36.4 Å². The van der Waals surface area contributed by atoms with Gasteiger partial charge in [0, 0.05) is 4.88 Å². The second-order valence-electron chi connectivity index (χ2n) is 6.20. The Morgan fingerprint density at radius 1 is 1.30 bits per heavy atom. The molecule has 8 nitrogen and oxygen atoms in total. The van der Waals surface area contributed by atoms with Crippen molar-refractivity contribution in [2.75, 3.05) is 13.7 Å². The van der Waals surface area contributed by atoms with Crippen molar-refractivity contribution in [2.24, 2.45) is 0 Å². The van der Waals surface area contributed by atoms with E-state index in [2.05, 4.69) is 0 Å². The maximum Gasteiger partial charge on any atom is 0.345 e. The molecule has 0 spiro atoms. The van der Waals surface area contributed by atoms with Crippen LogP contribution in [0, 0.1) is 0 Å². The maximum atomic E-state index is 12.8. The lowest BCUT2D eigenvalue weighted by atomic mass is 9.99. The van der Waals surface area contributed by atoms with E-state index in [-0.39, 0.29) is 18.0 Å². The number of carboxylic acid groups (broad SMARTS) is 1. The average Bonchev–Trinajstić information content (AvgIpc) is 3.23. The van der Waals surface area contributed by atoms with E-state index in [1.165, 1.54) is 23.1 Å². The van der Waals surface area contributed by atoms with Crippen molar-refractivity contribution in [2.45, 2.75) is 18.7 Å². The molecule has 2 aromatic rings. The number of fused-ring (bicyclic) bond motifs is 4. The molecule has 9 heteroatoms. The number of thiophene rings is 1. The number of hydrogen-bond acceptors (Lipinski definition) is 6. The van der Waals surface area contributed by atoms with E-state index in [4.69, 9.17) is 9.57 Å². The molecule has 140 valence electrons. The van der Waals surface area contributed by atoms with Gasteiger partial charge in [0.2, 0.25) is 0 Å². The normalized spacial score (nSPS) is 20.6. The molecule has 2 amide bonds. The Labute approximate surface area is 158 Å². The smallest absolute Gasteiger partial charge is 0.345 e. The van der Waals surface area contributed by atoms with E-state index in [0.29, 0.717) is 10.4 Å². The first kappa shape index (κ1) is 17.5. The van der Waals surface area contributed by atoms with Gasteiger partial charge in [0.1, 0.15) is 17.5 Å². The van der Waals surface area contributed by atoms with Gasteiger partial charge in [0.05, 0.1) is 13.7 Å². The molecule has 0 aliphatic carbocycles. The average molecular weight is 388 g/mol. The van der Waals surface area contributed by atoms with Crippen LogP contribution >= 0.6 is 11.3 Å². The molecule has 0 saturated carbocycles. The zero-order chi connectivity index (χ0) is 19.1. The molecule has 2 atom stereocenters. The summed E-state index contributed by atoms with van der Waals surface area (Å²) in [6, 6.07) is 9.02. The summed E-state index contributed by atoms with van der Waals surface area (Å²) in [4.78, 5) is 44.3. The number of carbonyl (C=O) groups excluding carboxylic acids is 2. The van der Waals surface area contributed by atoms with Gasteiger partial charge in [-0.2, -0.15) is 5.06 Å². The molecule has 2 bridgehead atoms. The van der Waals surface area contributed by atoms with Gasteiger partial charge in [-0.3, -0.25) is 4.84 Å². The number of nitrogens with zero attached hydrogens (tertiary/aromatic N) is 2. The van der Waals surface area contributed by atoms with Gasteiger partial charge in [0.15, 0.2) is 6.04 Å². The predicted octanol–water partition coefficient (Wildman–Crippen LogP) is 2.58. The van der Waals surface area contributed by atoms with Crippen molar-refractivity contribution in [1.82, 2.24) is 9.96 Å². The molecule has 1 N–H and O–H groups in total. The van der Waals surface area contributed by atoms with Crippen LogP contribution in [0.2, 0.25) is 0 Å². The van der Waals surface area contributed by atoms with E-state index in [1.807, 2.05) is 30.3 Å². The number of ether oxygens (including phenoxy) is 1. The molecular formula is C18H16N2O6S. The second-order valence-corrected chi connectivity index (χ2v) is 7.28. The number of aromatic carboxylic acids is 1. The van der Waals surface area contributed by atoms with Crippen LogP contribution in [0.25, 0.3) is 0 Å². The topological polar surface area (TPSA) is 96.4 Å². The summed E-state index contributed by atoms with van der Waals surface area (Å²) in [5.41, 5.74) is 1.51. The molecule has 1 fully saturated rings. The number of urea groups is 1. The van der Waals surface area contributed by atoms with E-state index >= 15 is 0 Å². The number of carboxylic acids is 1. The van der Waals surface area contributed by atoms with E-state index in [0.717, 1.165) is 16.9 Å². The Morgan fingerprint density at radius 2 is 2.04 bits per heavy atom. The first-order chi connectivity index (χ1) is 13.0. The number of hydrogen-bond donors (Lipinski definition) is 1. The lowest BCUT2D eigenvalue weighted by Gasteiger charge is -2.28. The van der Waals surface area contributed by atoms with Crippen molar-refractivity contribution >= 4 is 29.3 Å². The highest BCUT2D eigenvalue weighted by atomic mass is 32.1. The summed E-state index contributed by atoms with van der Waals surface area (Å²) >= 11 is 0.985. The Hall–Kier alpha value is -2.91. The fraction of sp³-hybridized carbons (Fsp3) is 0.278. The van der Waals surface area contributed by atoms with Gasteiger partial charge >= 0.3 is 18.0 Å². The molecule has 1 aromatic carbocycles. The third kappa shape index (κ3) is 2.84. The quantitative estimate of drug-likeness (QED) is 0.791. The summed E-state index contributed by atoms with van der Waals surface area (Å²) in [5, 5.41) is 10.6. The first-order valence-corrected chi connectivity index (χ1v) is 9.04. The third-order valence-electron chi connectivity index (χ3n) is 4.65. The molecular weight excluding hydrogens is 372 g/mol. The van der Waals surface area contributed by atoms with Crippen LogP contribution < -0.4 is 0 Å². The maximum absolute atomic E-state index is 12.8. The fourth-order valence-corrected chi connectivity index (χ4v) is 4.55. The molecule has 0 radical (unpaired) electrons. The van der Waals surface area contributed by atoms with Gasteiger partial charge in [-0.15, -0.1) is 11.3 Å². The zero-order valence-corrected chi connectivity index (χ0v) is 15.1. The van der Waals surface area contributed by atoms with Gasteiger partial charge in [-0.1, -0.05) is 30.3 Å². The Balaban J connectivity index is 1.68. The number of esters is 1. The Kier molecular flexibility index (Phi) is 4.33. The number of methoxy groups -OCH3 is 1. The summed E-state index contributed by atoms with van der Waals surface area (Å²) in [6.07, 6.45) is 0. The minimum absolute atomic E-state index is 0.109. The number of amides is 2. The van der Waals surface area contributed by atoms with Gasteiger partial charge in [-0.05, 0) is 17.2 Å². The van der Waals surface area contributed by atoms with Crippen LogP contribution in [0.1, 0.15) is 37.8 Å². The Bertz CT molecular complexity index is 912. The molecule has 3 heterocycles. The minimum Gasteiger partial charge on any atom is -0.477 e. The fourth-order valence-electron chi connectivity index (χ4n) is 3.39. The number of hydroxylamine groups is 2. The van der Waals surface area contributed by atoms with Crippen LogP contribution in [-0.4, -0.2) is 46.7 Å². The Morgan fingerprint density at radius 3 is 2.70 bits per heavy atom. The van der Waals surface area contributed by atoms with E-state index in [9.17, 15) is 19.5 Å². The highest BCUT2D eigenvalue weighted by molar-refractivity contribution is 7.14. The molecule has 27 heavy (non-hydrogen) atoms. The van der Waals surface area contributed by atoms with Crippen molar-refractivity contribution in [3.05, 3.63) is 57.3 Å². The van der Waals surface area contributed by atoms with Crippen molar-refractivity contribution < 1.29 is 29.1 Å². The molecule has 4 rings (SSSR count). The highest BCUT2D eigenvalue weighted by Gasteiger charge is 2.52. The summed E-state index contributed by atoms with van der Waals surface area (Å²) < 4.78 is 4.85. The second kappa shape index (κ2) is 6.67. The van der Waals surface area contributed by atoms with Gasteiger partial charge in [0.25, 0.3) is 0 Å². The molecule has 0 unspecified atom stereocenters. The largest absolute Gasteiger partial charge is 0.477 e. The monoisotopic (exact) mass is 388 g/mol. The lowest BCUT2D eigenvalue weighted by molar-refractivity contribution is -0.146.